The number of allylic oxidation sites excluding steroid dienone is 1. The van der Waals surface area contributed by atoms with Gasteiger partial charge >= 0.3 is 0 Å². The Hall–Kier alpha value is -1.55. The molecule has 0 saturated heterocycles. The molecule has 0 N–H and O–H groups in total. The van der Waals surface area contributed by atoms with Crippen molar-refractivity contribution in [2.45, 2.75) is 58.3 Å². The van der Waals surface area contributed by atoms with Gasteiger partial charge in [-0.05, 0) is 42.4 Å². The lowest BCUT2D eigenvalue weighted by molar-refractivity contribution is 0.253. The van der Waals surface area contributed by atoms with Crippen LogP contribution in [0.15, 0.2) is 30.3 Å². The van der Waals surface area contributed by atoms with Gasteiger partial charge in [0.25, 0.3) is 0 Å². The molecule has 1 aliphatic rings. The summed E-state index contributed by atoms with van der Waals surface area (Å²) in [4.78, 5) is 0. The zero-order valence-electron chi connectivity index (χ0n) is 13.2. The van der Waals surface area contributed by atoms with E-state index in [4.69, 9.17) is 5.26 Å². The van der Waals surface area contributed by atoms with E-state index >= 15 is 0 Å². The van der Waals surface area contributed by atoms with Crippen molar-refractivity contribution < 1.29 is 0 Å². The first-order chi connectivity index (χ1) is 10.3. The van der Waals surface area contributed by atoms with Crippen LogP contribution in [0.3, 0.4) is 0 Å². The standard InChI is InChI=1S/C20H27N/c1-2-5-17-8-10-18(11-9-17)6-3-4-7-19-12-14-20(16-21)15-13-19/h4,7,12-15,17-18H,2-3,5-6,8-11H2,1H3/b7-4-. The smallest absolute Gasteiger partial charge is 0.0991 e. The van der Waals surface area contributed by atoms with Gasteiger partial charge in [-0.1, -0.05) is 69.7 Å². The highest BCUT2D eigenvalue weighted by Crippen LogP contribution is 2.33. The molecule has 2 rings (SSSR count). The molecule has 0 spiro atoms. The topological polar surface area (TPSA) is 23.8 Å². The van der Waals surface area contributed by atoms with Crippen LogP contribution in [0.2, 0.25) is 0 Å². The summed E-state index contributed by atoms with van der Waals surface area (Å²) in [6.45, 7) is 2.31. The number of nitrogens with zero attached hydrogens (tertiary/aromatic N) is 1. The summed E-state index contributed by atoms with van der Waals surface area (Å²) in [5, 5.41) is 8.77. The Morgan fingerprint density at radius 3 is 2.24 bits per heavy atom. The molecule has 0 unspecified atom stereocenters. The molecule has 1 nitrogen and oxygen atoms in total. The quantitative estimate of drug-likeness (QED) is 0.631. The van der Waals surface area contributed by atoms with Gasteiger partial charge in [-0.25, -0.2) is 0 Å². The van der Waals surface area contributed by atoms with Crippen LogP contribution in [0.1, 0.15) is 69.4 Å². The van der Waals surface area contributed by atoms with Gasteiger partial charge in [0.05, 0.1) is 11.6 Å². The fraction of sp³-hybridized carbons (Fsp3) is 0.550. The third kappa shape index (κ3) is 5.38. The molecule has 0 aliphatic heterocycles. The van der Waals surface area contributed by atoms with Crippen molar-refractivity contribution in [1.82, 2.24) is 0 Å². The fourth-order valence-electron chi connectivity index (χ4n) is 3.44. The van der Waals surface area contributed by atoms with Gasteiger partial charge in [-0.3, -0.25) is 0 Å². The molecule has 1 saturated carbocycles. The van der Waals surface area contributed by atoms with Crippen LogP contribution < -0.4 is 0 Å². The van der Waals surface area contributed by atoms with Crippen molar-refractivity contribution >= 4 is 6.08 Å². The predicted molar refractivity (Wildman–Crippen MR) is 89.8 cm³/mol. The Bertz CT molecular complexity index is 470. The molecule has 1 heteroatoms. The highest BCUT2D eigenvalue weighted by molar-refractivity contribution is 5.50. The molecular formula is C20H27N. The van der Waals surface area contributed by atoms with E-state index in [0.717, 1.165) is 17.4 Å². The lowest BCUT2D eigenvalue weighted by Crippen LogP contribution is -2.14. The van der Waals surface area contributed by atoms with E-state index < -0.39 is 0 Å². The van der Waals surface area contributed by atoms with E-state index in [9.17, 15) is 0 Å². The normalized spacial score (nSPS) is 22.3. The SMILES string of the molecule is CCCC1CCC(CC/C=C\c2ccc(C#N)cc2)CC1. The zero-order valence-corrected chi connectivity index (χ0v) is 13.2. The summed E-state index contributed by atoms with van der Waals surface area (Å²) >= 11 is 0. The molecule has 0 bridgehead atoms. The highest BCUT2D eigenvalue weighted by atomic mass is 14.3. The monoisotopic (exact) mass is 281 g/mol. The maximum absolute atomic E-state index is 8.77. The molecule has 0 atom stereocenters. The summed E-state index contributed by atoms with van der Waals surface area (Å²) in [5.41, 5.74) is 1.93. The van der Waals surface area contributed by atoms with Gasteiger partial charge in [0.1, 0.15) is 0 Å². The minimum absolute atomic E-state index is 0.732. The average Bonchev–Trinajstić information content (AvgIpc) is 2.54. The van der Waals surface area contributed by atoms with Gasteiger partial charge in [0, 0.05) is 0 Å². The maximum atomic E-state index is 8.77. The lowest BCUT2D eigenvalue weighted by Gasteiger charge is -2.28. The van der Waals surface area contributed by atoms with Crippen molar-refractivity contribution in [3.8, 4) is 6.07 Å². The van der Waals surface area contributed by atoms with Crippen molar-refractivity contribution in [2.24, 2.45) is 11.8 Å². The minimum atomic E-state index is 0.732. The van der Waals surface area contributed by atoms with Gasteiger partial charge < -0.3 is 0 Å². The Balaban J connectivity index is 1.67. The van der Waals surface area contributed by atoms with Gasteiger partial charge in [-0.2, -0.15) is 5.26 Å². The van der Waals surface area contributed by atoms with Crippen molar-refractivity contribution in [2.75, 3.05) is 0 Å². The molecule has 1 fully saturated rings. The Morgan fingerprint density at radius 1 is 1.05 bits per heavy atom. The summed E-state index contributed by atoms with van der Waals surface area (Å²) in [6, 6.07) is 9.96. The highest BCUT2D eigenvalue weighted by Gasteiger charge is 2.19. The first-order valence-electron chi connectivity index (χ1n) is 8.48. The maximum Gasteiger partial charge on any atom is 0.0991 e. The molecule has 1 aliphatic carbocycles. The molecule has 1 aromatic carbocycles. The third-order valence-electron chi connectivity index (χ3n) is 4.75. The van der Waals surface area contributed by atoms with Crippen molar-refractivity contribution in [3.63, 3.8) is 0 Å². The summed E-state index contributed by atoms with van der Waals surface area (Å²) in [5.74, 6) is 1.96. The zero-order chi connectivity index (χ0) is 14.9. The van der Waals surface area contributed by atoms with E-state index in [1.807, 2.05) is 24.3 Å². The summed E-state index contributed by atoms with van der Waals surface area (Å²) in [6.07, 6.45) is 15.6. The number of rotatable bonds is 6. The van der Waals surface area contributed by atoms with E-state index in [1.165, 1.54) is 56.9 Å². The largest absolute Gasteiger partial charge is 0.192 e. The van der Waals surface area contributed by atoms with Crippen LogP contribution in [0.25, 0.3) is 6.08 Å². The first kappa shape index (κ1) is 15.8. The summed E-state index contributed by atoms with van der Waals surface area (Å²) < 4.78 is 0. The molecule has 0 aromatic heterocycles. The number of nitriles is 1. The molecule has 0 heterocycles. The van der Waals surface area contributed by atoms with Crippen LogP contribution in [-0.2, 0) is 0 Å². The molecule has 112 valence electrons. The Morgan fingerprint density at radius 2 is 1.67 bits per heavy atom. The van der Waals surface area contributed by atoms with Gasteiger partial charge in [-0.15, -0.1) is 0 Å². The van der Waals surface area contributed by atoms with Crippen molar-refractivity contribution in [3.05, 3.63) is 41.5 Å². The van der Waals surface area contributed by atoms with E-state index in [2.05, 4.69) is 25.1 Å². The number of hydrogen-bond donors (Lipinski definition) is 0. The molecule has 0 amide bonds. The van der Waals surface area contributed by atoms with Crippen LogP contribution in [0, 0.1) is 23.2 Å². The Kier molecular flexibility index (Phi) is 6.54. The fourth-order valence-corrected chi connectivity index (χ4v) is 3.44. The molecule has 0 radical (unpaired) electrons. The second-order valence-electron chi connectivity index (χ2n) is 6.39. The second-order valence-corrected chi connectivity index (χ2v) is 6.39. The molecule has 21 heavy (non-hydrogen) atoms. The van der Waals surface area contributed by atoms with Crippen LogP contribution >= 0.6 is 0 Å². The van der Waals surface area contributed by atoms with E-state index in [1.54, 1.807) is 0 Å². The Labute approximate surface area is 129 Å². The molecular weight excluding hydrogens is 254 g/mol. The molecule has 1 aromatic rings. The van der Waals surface area contributed by atoms with Crippen LogP contribution in [0.4, 0.5) is 0 Å². The van der Waals surface area contributed by atoms with Crippen molar-refractivity contribution in [1.29, 1.82) is 5.26 Å². The van der Waals surface area contributed by atoms with Gasteiger partial charge in [0.15, 0.2) is 0 Å². The second kappa shape index (κ2) is 8.67. The number of hydrogen-bond acceptors (Lipinski definition) is 1. The van der Waals surface area contributed by atoms with Crippen LogP contribution in [0.5, 0.6) is 0 Å². The summed E-state index contributed by atoms with van der Waals surface area (Å²) in [7, 11) is 0. The predicted octanol–water partition coefficient (Wildman–Crippen LogP) is 5.96. The third-order valence-corrected chi connectivity index (χ3v) is 4.75. The first-order valence-corrected chi connectivity index (χ1v) is 8.48. The average molecular weight is 281 g/mol. The van der Waals surface area contributed by atoms with E-state index in [0.29, 0.717) is 0 Å². The van der Waals surface area contributed by atoms with Crippen LogP contribution in [-0.4, -0.2) is 0 Å². The lowest BCUT2D eigenvalue weighted by atomic mass is 9.78. The number of benzene rings is 1. The van der Waals surface area contributed by atoms with Gasteiger partial charge in [0.2, 0.25) is 0 Å². The van der Waals surface area contributed by atoms with E-state index in [-0.39, 0.29) is 0 Å². The minimum Gasteiger partial charge on any atom is -0.192 e.